The van der Waals surface area contributed by atoms with Crippen LogP contribution in [0.1, 0.15) is 16.8 Å². The van der Waals surface area contributed by atoms with Gasteiger partial charge in [-0.15, -0.1) is 0 Å². The topological polar surface area (TPSA) is 58.6 Å². The monoisotopic (exact) mass is 398 g/mol. The predicted molar refractivity (Wildman–Crippen MR) is 110 cm³/mol. The molecule has 0 spiro atoms. The lowest BCUT2D eigenvalue weighted by Crippen LogP contribution is -2.46. The van der Waals surface area contributed by atoms with Gasteiger partial charge in [0, 0.05) is 37.7 Å². The maximum atomic E-state index is 13.1. The standard InChI is InChI=1S/C22H23ClN2O3/c1-28-12-11-24-21(26)20-13-16(14-23)15-25(20)22(27)19-9-7-18(8-10-19)17-5-3-2-4-6-17/h2-10,14,20H,11-13,15H2,1H3,(H,24,26)/t20-/m0/s1. The van der Waals surface area contributed by atoms with Gasteiger partial charge in [-0.1, -0.05) is 54.1 Å². The minimum absolute atomic E-state index is 0.181. The molecule has 0 aromatic heterocycles. The first kappa shape index (κ1) is 20.1. The molecular formula is C22H23ClN2O3. The number of methoxy groups -OCH3 is 1. The summed E-state index contributed by atoms with van der Waals surface area (Å²) < 4.78 is 4.96. The summed E-state index contributed by atoms with van der Waals surface area (Å²) in [5.41, 5.74) is 4.99. The number of likely N-dealkylation sites (tertiary alicyclic amines) is 1. The Hall–Kier alpha value is -2.63. The number of carbonyl (C=O) groups is 2. The molecule has 2 aromatic rings. The predicted octanol–water partition coefficient (Wildman–Crippen LogP) is 3.45. The fourth-order valence-corrected chi connectivity index (χ4v) is 3.43. The van der Waals surface area contributed by atoms with E-state index in [1.807, 2.05) is 42.5 Å². The van der Waals surface area contributed by atoms with Crippen LogP contribution in [0.4, 0.5) is 0 Å². The Kier molecular flexibility index (Phi) is 6.85. The number of amides is 2. The highest BCUT2D eigenvalue weighted by atomic mass is 35.5. The number of hydrogen-bond acceptors (Lipinski definition) is 3. The van der Waals surface area contributed by atoms with E-state index < -0.39 is 6.04 Å². The van der Waals surface area contributed by atoms with Crippen molar-refractivity contribution in [3.8, 4) is 11.1 Å². The highest BCUT2D eigenvalue weighted by molar-refractivity contribution is 6.25. The summed E-state index contributed by atoms with van der Waals surface area (Å²) in [6, 6.07) is 16.8. The quantitative estimate of drug-likeness (QED) is 0.758. The van der Waals surface area contributed by atoms with Crippen LogP contribution in [0.3, 0.4) is 0 Å². The van der Waals surface area contributed by atoms with Gasteiger partial charge in [-0.2, -0.15) is 0 Å². The Morgan fingerprint density at radius 2 is 1.82 bits per heavy atom. The van der Waals surface area contributed by atoms with E-state index in [0.717, 1.165) is 16.7 Å². The van der Waals surface area contributed by atoms with Crippen LogP contribution in [0.25, 0.3) is 11.1 Å². The molecule has 0 unspecified atom stereocenters. The SMILES string of the molecule is COCCNC(=O)[C@@H]1CC(=CCl)CN1C(=O)c1ccc(-c2ccccc2)cc1. The van der Waals surface area contributed by atoms with Gasteiger partial charge in [-0.25, -0.2) is 0 Å². The molecule has 3 rings (SSSR count). The van der Waals surface area contributed by atoms with Crippen molar-refractivity contribution in [1.29, 1.82) is 0 Å². The lowest BCUT2D eigenvalue weighted by Gasteiger charge is -2.23. The van der Waals surface area contributed by atoms with E-state index in [4.69, 9.17) is 16.3 Å². The van der Waals surface area contributed by atoms with Crippen molar-refractivity contribution in [3.63, 3.8) is 0 Å². The zero-order chi connectivity index (χ0) is 19.9. The number of ether oxygens (including phenoxy) is 1. The van der Waals surface area contributed by atoms with E-state index in [1.54, 1.807) is 24.1 Å². The summed E-state index contributed by atoms with van der Waals surface area (Å²) in [6.45, 7) is 1.18. The minimum atomic E-state index is -0.567. The average molecular weight is 399 g/mol. The molecule has 0 aliphatic carbocycles. The van der Waals surface area contributed by atoms with Crippen LogP contribution >= 0.6 is 11.6 Å². The Labute approximate surface area is 169 Å². The second-order valence-electron chi connectivity index (χ2n) is 6.65. The van der Waals surface area contributed by atoms with Gasteiger partial charge in [0.15, 0.2) is 0 Å². The maximum Gasteiger partial charge on any atom is 0.254 e. The Bertz CT molecular complexity index is 850. The fraction of sp³-hybridized carbons (Fsp3) is 0.273. The van der Waals surface area contributed by atoms with E-state index in [9.17, 15) is 9.59 Å². The van der Waals surface area contributed by atoms with Crippen molar-refractivity contribution < 1.29 is 14.3 Å². The number of halogens is 1. The van der Waals surface area contributed by atoms with Crippen molar-refractivity contribution in [2.75, 3.05) is 26.8 Å². The normalized spacial score (nSPS) is 17.7. The summed E-state index contributed by atoms with van der Waals surface area (Å²) in [4.78, 5) is 27.2. The zero-order valence-corrected chi connectivity index (χ0v) is 16.5. The molecule has 146 valence electrons. The number of benzene rings is 2. The van der Waals surface area contributed by atoms with Crippen LogP contribution in [-0.2, 0) is 9.53 Å². The highest BCUT2D eigenvalue weighted by Gasteiger charge is 2.36. The molecule has 2 amide bonds. The molecule has 1 aliphatic heterocycles. The van der Waals surface area contributed by atoms with Gasteiger partial charge in [-0.05, 0) is 28.8 Å². The molecule has 1 atom stereocenters. The Balaban J connectivity index is 1.76. The van der Waals surface area contributed by atoms with Crippen molar-refractivity contribution in [2.24, 2.45) is 0 Å². The number of hydrogen-bond donors (Lipinski definition) is 1. The van der Waals surface area contributed by atoms with Crippen molar-refractivity contribution in [2.45, 2.75) is 12.5 Å². The molecule has 2 aromatic carbocycles. The molecule has 5 nitrogen and oxygen atoms in total. The van der Waals surface area contributed by atoms with E-state index in [2.05, 4.69) is 5.32 Å². The van der Waals surface area contributed by atoms with Gasteiger partial charge in [0.25, 0.3) is 5.91 Å². The second kappa shape index (κ2) is 9.53. The molecule has 0 saturated carbocycles. The van der Waals surface area contributed by atoms with Gasteiger partial charge in [0.1, 0.15) is 6.04 Å². The van der Waals surface area contributed by atoms with Crippen LogP contribution in [0.5, 0.6) is 0 Å². The van der Waals surface area contributed by atoms with Crippen molar-refractivity contribution >= 4 is 23.4 Å². The largest absolute Gasteiger partial charge is 0.383 e. The van der Waals surface area contributed by atoms with Gasteiger partial charge in [0.05, 0.1) is 6.61 Å². The smallest absolute Gasteiger partial charge is 0.254 e. The van der Waals surface area contributed by atoms with Gasteiger partial charge >= 0.3 is 0 Å². The van der Waals surface area contributed by atoms with Crippen LogP contribution < -0.4 is 5.32 Å². The lowest BCUT2D eigenvalue weighted by molar-refractivity contribution is -0.125. The molecule has 1 saturated heterocycles. The second-order valence-corrected chi connectivity index (χ2v) is 6.87. The summed E-state index contributed by atoms with van der Waals surface area (Å²) in [5, 5.41) is 2.81. The molecule has 6 heteroatoms. The maximum absolute atomic E-state index is 13.1. The third kappa shape index (κ3) is 4.61. The molecule has 28 heavy (non-hydrogen) atoms. The summed E-state index contributed by atoms with van der Waals surface area (Å²) in [5.74, 6) is -0.375. The van der Waals surface area contributed by atoms with E-state index in [-0.39, 0.29) is 11.8 Å². The van der Waals surface area contributed by atoms with Crippen molar-refractivity contribution in [3.05, 3.63) is 71.3 Å². The minimum Gasteiger partial charge on any atom is -0.383 e. The van der Waals surface area contributed by atoms with Crippen LogP contribution in [-0.4, -0.2) is 49.6 Å². The van der Waals surface area contributed by atoms with Gasteiger partial charge < -0.3 is 15.0 Å². The Morgan fingerprint density at radius 3 is 2.46 bits per heavy atom. The van der Waals surface area contributed by atoms with E-state index >= 15 is 0 Å². The number of nitrogens with zero attached hydrogens (tertiary/aromatic N) is 1. The van der Waals surface area contributed by atoms with Crippen LogP contribution in [0.2, 0.25) is 0 Å². The highest BCUT2D eigenvalue weighted by Crippen LogP contribution is 2.26. The fourth-order valence-electron chi connectivity index (χ4n) is 3.27. The summed E-state index contributed by atoms with van der Waals surface area (Å²) >= 11 is 5.86. The third-order valence-corrected chi connectivity index (χ3v) is 5.08. The van der Waals surface area contributed by atoms with Gasteiger partial charge in [0.2, 0.25) is 5.91 Å². The number of carbonyl (C=O) groups excluding carboxylic acids is 2. The summed E-state index contributed by atoms with van der Waals surface area (Å²) in [6.07, 6.45) is 0.441. The molecule has 1 heterocycles. The molecular weight excluding hydrogens is 376 g/mol. The molecule has 0 radical (unpaired) electrons. The molecule has 1 fully saturated rings. The van der Waals surface area contributed by atoms with Crippen LogP contribution in [0, 0.1) is 0 Å². The van der Waals surface area contributed by atoms with E-state index in [1.165, 1.54) is 5.54 Å². The van der Waals surface area contributed by atoms with E-state index in [0.29, 0.717) is 31.7 Å². The Morgan fingerprint density at radius 1 is 1.14 bits per heavy atom. The first-order valence-electron chi connectivity index (χ1n) is 9.15. The molecule has 0 bridgehead atoms. The third-order valence-electron chi connectivity index (χ3n) is 4.77. The molecule has 1 aliphatic rings. The lowest BCUT2D eigenvalue weighted by atomic mass is 10.0. The van der Waals surface area contributed by atoms with Crippen LogP contribution in [0.15, 0.2) is 65.7 Å². The van der Waals surface area contributed by atoms with Crippen molar-refractivity contribution in [1.82, 2.24) is 10.2 Å². The summed E-state index contributed by atoms with van der Waals surface area (Å²) in [7, 11) is 1.57. The zero-order valence-electron chi connectivity index (χ0n) is 15.7. The number of nitrogens with one attached hydrogen (secondary N) is 1. The number of rotatable bonds is 6. The first-order valence-corrected chi connectivity index (χ1v) is 9.59. The first-order chi connectivity index (χ1) is 13.6. The molecule has 1 N–H and O–H groups in total. The average Bonchev–Trinajstić information content (AvgIpc) is 3.19. The van der Waals surface area contributed by atoms with Gasteiger partial charge in [-0.3, -0.25) is 9.59 Å².